The average Bonchev–Trinajstić information content (AvgIpc) is 2.91. The van der Waals surface area contributed by atoms with Crippen molar-refractivity contribution in [1.82, 2.24) is 25.1 Å². The maximum absolute atomic E-state index is 5.68. The summed E-state index contributed by atoms with van der Waals surface area (Å²) in [5, 5.41) is 11.5. The number of nitrogens with zero attached hydrogens (tertiary/aromatic N) is 5. The molecule has 0 aliphatic heterocycles. The second-order valence-electron chi connectivity index (χ2n) is 5.90. The van der Waals surface area contributed by atoms with Gasteiger partial charge in [-0.3, -0.25) is 0 Å². The number of hydrogen-bond acceptors (Lipinski definition) is 4. The molecule has 21 heavy (non-hydrogen) atoms. The van der Waals surface area contributed by atoms with Crippen LogP contribution in [-0.2, 0) is 13.5 Å². The summed E-state index contributed by atoms with van der Waals surface area (Å²) < 4.78 is 1.75. The molecule has 1 aliphatic carbocycles. The zero-order valence-electron chi connectivity index (χ0n) is 13.3. The maximum atomic E-state index is 5.68. The van der Waals surface area contributed by atoms with Gasteiger partial charge in [0.2, 0.25) is 0 Å². The lowest BCUT2D eigenvalue weighted by molar-refractivity contribution is 0.251. The van der Waals surface area contributed by atoms with Crippen LogP contribution in [0.1, 0.15) is 64.1 Å². The molecule has 0 amide bonds. The number of unbranched alkanes of at least 4 members (excludes halogenated alkanes) is 1. The minimum absolute atomic E-state index is 0.694. The zero-order chi connectivity index (χ0) is 15.1. The van der Waals surface area contributed by atoms with Crippen molar-refractivity contribution in [2.75, 3.05) is 6.54 Å². The van der Waals surface area contributed by atoms with E-state index in [0.29, 0.717) is 6.04 Å². The third-order valence-electron chi connectivity index (χ3n) is 4.43. The largest absolute Gasteiger partial charge is 0.363 e. The van der Waals surface area contributed by atoms with Crippen LogP contribution in [0.25, 0.3) is 0 Å². The van der Waals surface area contributed by atoms with E-state index >= 15 is 0 Å². The summed E-state index contributed by atoms with van der Waals surface area (Å²) in [5.74, 6) is 0.959. The molecule has 0 unspecified atom stereocenters. The summed E-state index contributed by atoms with van der Waals surface area (Å²) in [6.07, 6.45) is 10.9. The fourth-order valence-corrected chi connectivity index (χ4v) is 3.62. The summed E-state index contributed by atoms with van der Waals surface area (Å²) in [5.41, 5.74) is 0. The van der Waals surface area contributed by atoms with Crippen molar-refractivity contribution in [2.45, 2.75) is 70.8 Å². The van der Waals surface area contributed by atoms with Gasteiger partial charge in [-0.1, -0.05) is 31.5 Å². The van der Waals surface area contributed by atoms with Gasteiger partial charge in [0.1, 0.15) is 0 Å². The molecule has 1 aliphatic rings. The van der Waals surface area contributed by atoms with Gasteiger partial charge < -0.3 is 4.90 Å². The molecule has 1 aromatic heterocycles. The molecule has 1 saturated carbocycles. The molecule has 1 fully saturated rings. The molecular weight excluding hydrogens is 282 g/mol. The summed E-state index contributed by atoms with van der Waals surface area (Å²) in [4.78, 5) is 3.62. The number of thiocarbonyl (C=S) groups is 1. The molecule has 0 N–H and O–H groups in total. The Morgan fingerprint density at radius 2 is 2.05 bits per heavy atom. The molecule has 0 aromatic carbocycles. The highest BCUT2D eigenvalue weighted by Gasteiger charge is 2.21. The third kappa shape index (κ3) is 4.73. The van der Waals surface area contributed by atoms with Crippen molar-refractivity contribution in [1.29, 1.82) is 0 Å². The Labute approximate surface area is 133 Å². The van der Waals surface area contributed by atoms with Crippen molar-refractivity contribution < 1.29 is 0 Å². The van der Waals surface area contributed by atoms with Gasteiger partial charge in [0.25, 0.3) is 0 Å². The molecule has 0 radical (unpaired) electrons. The Bertz CT molecular complexity index is 439. The predicted molar refractivity (Wildman–Crippen MR) is 88.2 cm³/mol. The van der Waals surface area contributed by atoms with E-state index in [0.717, 1.165) is 43.0 Å². The van der Waals surface area contributed by atoms with Crippen LogP contribution >= 0.6 is 12.2 Å². The van der Waals surface area contributed by atoms with E-state index < -0.39 is 0 Å². The van der Waals surface area contributed by atoms with Crippen LogP contribution < -0.4 is 0 Å². The summed E-state index contributed by atoms with van der Waals surface area (Å²) >= 11 is 5.68. The van der Waals surface area contributed by atoms with Gasteiger partial charge in [0, 0.05) is 26.1 Å². The number of tetrazole rings is 1. The molecule has 2 rings (SSSR count). The zero-order valence-corrected chi connectivity index (χ0v) is 14.1. The van der Waals surface area contributed by atoms with E-state index in [9.17, 15) is 0 Å². The van der Waals surface area contributed by atoms with Crippen molar-refractivity contribution >= 4 is 17.2 Å². The third-order valence-corrected chi connectivity index (χ3v) is 4.86. The van der Waals surface area contributed by atoms with Gasteiger partial charge in [-0.25, -0.2) is 4.68 Å². The van der Waals surface area contributed by atoms with Gasteiger partial charge >= 0.3 is 0 Å². The summed E-state index contributed by atoms with van der Waals surface area (Å²) in [7, 11) is 1.89. The van der Waals surface area contributed by atoms with E-state index in [-0.39, 0.29) is 0 Å². The van der Waals surface area contributed by atoms with Gasteiger partial charge in [-0.05, 0) is 49.5 Å². The number of hydrogen-bond donors (Lipinski definition) is 0. The van der Waals surface area contributed by atoms with E-state index in [1.165, 1.54) is 32.1 Å². The van der Waals surface area contributed by atoms with Crippen molar-refractivity contribution in [3.8, 4) is 0 Å². The predicted octanol–water partition coefficient (Wildman–Crippen LogP) is 2.90. The van der Waals surface area contributed by atoms with Crippen LogP contribution in [0.2, 0.25) is 0 Å². The Balaban J connectivity index is 1.71. The van der Waals surface area contributed by atoms with E-state index in [1.54, 1.807) is 4.68 Å². The minimum atomic E-state index is 0.694. The van der Waals surface area contributed by atoms with E-state index in [1.807, 2.05) is 7.05 Å². The fraction of sp³-hybridized carbons (Fsp3) is 0.867. The first kappa shape index (κ1) is 16.3. The Morgan fingerprint density at radius 1 is 1.29 bits per heavy atom. The molecule has 0 spiro atoms. The SMILES string of the molecule is CCN(C(=S)CCCCc1nnnn1C)C1CCCCC1. The maximum Gasteiger partial charge on any atom is 0.150 e. The Hall–Kier alpha value is -1.04. The normalized spacial score (nSPS) is 16.1. The van der Waals surface area contributed by atoms with Crippen molar-refractivity contribution in [3.63, 3.8) is 0 Å². The average molecular weight is 309 g/mol. The van der Waals surface area contributed by atoms with Gasteiger partial charge in [0.15, 0.2) is 5.82 Å². The molecule has 0 atom stereocenters. The fourth-order valence-electron chi connectivity index (χ4n) is 3.19. The smallest absolute Gasteiger partial charge is 0.150 e. The van der Waals surface area contributed by atoms with Crippen LogP contribution in [0.3, 0.4) is 0 Å². The quantitative estimate of drug-likeness (QED) is 0.572. The summed E-state index contributed by atoms with van der Waals surface area (Å²) in [6, 6.07) is 0.694. The second-order valence-corrected chi connectivity index (χ2v) is 6.37. The molecule has 1 heterocycles. The molecule has 0 saturated heterocycles. The monoisotopic (exact) mass is 309 g/mol. The van der Waals surface area contributed by atoms with Crippen LogP contribution in [0, 0.1) is 0 Å². The topological polar surface area (TPSA) is 46.8 Å². The van der Waals surface area contributed by atoms with Crippen molar-refractivity contribution in [3.05, 3.63) is 5.82 Å². The van der Waals surface area contributed by atoms with Crippen molar-refractivity contribution in [2.24, 2.45) is 7.05 Å². The molecule has 118 valence electrons. The highest BCUT2D eigenvalue weighted by molar-refractivity contribution is 7.80. The first-order valence-electron chi connectivity index (χ1n) is 8.23. The minimum Gasteiger partial charge on any atom is -0.363 e. The lowest BCUT2D eigenvalue weighted by atomic mass is 9.94. The highest BCUT2D eigenvalue weighted by atomic mass is 32.1. The second kappa shape index (κ2) is 8.41. The van der Waals surface area contributed by atoms with Crippen LogP contribution in [0.5, 0.6) is 0 Å². The standard InChI is InChI=1S/C15H27N5S/c1-3-20(13-9-5-4-6-10-13)15(21)12-8-7-11-14-16-17-18-19(14)2/h13H,3-12H2,1-2H3. The Morgan fingerprint density at radius 3 is 2.67 bits per heavy atom. The molecule has 0 bridgehead atoms. The lowest BCUT2D eigenvalue weighted by Crippen LogP contribution is -2.40. The Kier molecular flexibility index (Phi) is 6.54. The van der Waals surface area contributed by atoms with Gasteiger partial charge in [-0.15, -0.1) is 5.10 Å². The van der Waals surface area contributed by atoms with Gasteiger partial charge in [-0.2, -0.15) is 0 Å². The lowest BCUT2D eigenvalue weighted by Gasteiger charge is -2.35. The first-order valence-corrected chi connectivity index (χ1v) is 8.64. The van der Waals surface area contributed by atoms with Crippen LogP contribution in [0.4, 0.5) is 0 Å². The van der Waals surface area contributed by atoms with Gasteiger partial charge in [0.05, 0.1) is 4.99 Å². The molecule has 5 nitrogen and oxygen atoms in total. The molecule has 1 aromatic rings. The number of rotatable bonds is 7. The molecule has 6 heteroatoms. The number of aromatic nitrogens is 4. The highest BCUT2D eigenvalue weighted by Crippen LogP contribution is 2.23. The van der Waals surface area contributed by atoms with E-state index in [2.05, 4.69) is 27.3 Å². The van der Waals surface area contributed by atoms with E-state index in [4.69, 9.17) is 12.2 Å². The van der Waals surface area contributed by atoms with Crippen LogP contribution in [0.15, 0.2) is 0 Å². The molecular formula is C15H27N5S. The number of aryl methyl sites for hydroxylation is 2. The summed E-state index contributed by atoms with van der Waals surface area (Å²) in [6.45, 7) is 3.28. The van der Waals surface area contributed by atoms with Crippen LogP contribution in [-0.4, -0.2) is 42.7 Å². The first-order chi connectivity index (χ1) is 10.2.